The van der Waals surface area contributed by atoms with E-state index in [2.05, 4.69) is 23.0 Å². The minimum Gasteiger partial charge on any atom is -0.462 e. The van der Waals surface area contributed by atoms with Gasteiger partial charge in [-0.1, -0.05) is 18.9 Å². The minimum absolute atomic E-state index is 0.304. The molecule has 0 N–H and O–H groups in total. The SMILES string of the molecule is CCOC(=O)c1ccnc(-c2ccc3c(c2)c(N=O)cn3S)c1. The summed E-state index contributed by atoms with van der Waals surface area (Å²) in [5.74, 6) is -0.394. The number of aromatic nitrogens is 2. The molecule has 3 rings (SSSR count). The molecule has 0 bridgehead atoms. The first-order chi connectivity index (χ1) is 11.1. The van der Waals surface area contributed by atoms with E-state index in [1.807, 2.05) is 12.1 Å². The lowest BCUT2D eigenvalue weighted by molar-refractivity contribution is 0.0526. The molecule has 0 unspecified atom stereocenters. The van der Waals surface area contributed by atoms with E-state index in [1.165, 1.54) is 3.97 Å². The molecule has 2 heterocycles. The van der Waals surface area contributed by atoms with Gasteiger partial charge in [-0.2, -0.15) is 0 Å². The van der Waals surface area contributed by atoms with Gasteiger partial charge in [0.15, 0.2) is 0 Å². The van der Waals surface area contributed by atoms with Crippen LogP contribution in [0.3, 0.4) is 0 Å². The molecule has 1 aromatic carbocycles. The van der Waals surface area contributed by atoms with Crippen molar-refractivity contribution in [3.05, 3.63) is 53.2 Å². The normalized spacial score (nSPS) is 10.7. The summed E-state index contributed by atoms with van der Waals surface area (Å²) in [5.41, 5.74) is 2.89. The van der Waals surface area contributed by atoms with Crippen molar-refractivity contribution in [1.29, 1.82) is 0 Å². The Hall–Kier alpha value is -2.67. The summed E-state index contributed by atoms with van der Waals surface area (Å²) in [4.78, 5) is 27.0. The number of nitrogens with zero attached hydrogens (tertiary/aromatic N) is 3. The lowest BCUT2D eigenvalue weighted by Crippen LogP contribution is -2.04. The maximum atomic E-state index is 11.8. The van der Waals surface area contributed by atoms with Crippen LogP contribution in [0.4, 0.5) is 5.69 Å². The molecule has 0 saturated heterocycles. The summed E-state index contributed by atoms with van der Waals surface area (Å²) in [7, 11) is 0. The van der Waals surface area contributed by atoms with Crippen LogP contribution in [0, 0.1) is 4.91 Å². The van der Waals surface area contributed by atoms with Gasteiger partial charge in [-0.25, -0.2) is 4.79 Å². The fourth-order valence-corrected chi connectivity index (χ4v) is 2.64. The summed E-state index contributed by atoms with van der Waals surface area (Å²) in [5, 5.41) is 3.69. The molecule has 0 atom stereocenters. The molecule has 23 heavy (non-hydrogen) atoms. The molecule has 7 heteroatoms. The van der Waals surface area contributed by atoms with Gasteiger partial charge >= 0.3 is 5.97 Å². The van der Waals surface area contributed by atoms with Crippen molar-refractivity contribution >= 4 is 35.4 Å². The number of esters is 1. The predicted octanol–water partition coefficient (Wildman–Crippen LogP) is 3.97. The molecular weight excluding hydrogens is 314 g/mol. The van der Waals surface area contributed by atoms with Crippen LogP contribution in [0.15, 0.2) is 47.9 Å². The molecule has 0 saturated carbocycles. The highest BCUT2D eigenvalue weighted by Gasteiger charge is 2.12. The van der Waals surface area contributed by atoms with Crippen LogP contribution in [0.25, 0.3) is 22.2 Å². The summed E-state index contributed by atoms with van der Waals surface area (Å²) in [6.07, 6.45) is 3.10. The average molecular weight is 327 g/mol. The van der Waals surface area contributed by atoms with E-state index in [0.29, 0.717) is 28.9 Å². The monoisotopic (exact) mass is 327 g/mol. The number of carbonyl (C=O) groups excluding carboxylic acids is 1. The molecule has 0 amide bonds. The third-order valence-electron chi connectivity index (χ3n) is 3.43. The highest BCUT2D eigenvalue weighted by molar-refractivity contribution is 7.78. The second-order valence-corrected chi connectivity index (χ2v) is 5.26. The topological polar surface area (TPSA) is 73.6 Å². The van der Waals surface area contributed by atoms with Crippen molar-refractivity contribution in [2.75, 3.05) is 6.61 Å². The first-order valence-electron chi connectivity index (χ1n) is 6.95. The Bertz CT molecular complexity index is 905. The van der Waals surface area contributed by atoms with Crippen LogP contribution in [-0.4, -0.2) is 21.5 Å². The van der Waals surface area contributed by atoms with E-state index in [4.69, 9.17) is 4.74 Å². The maximum absolute atomic E-state index is 11.8. The molecule has 2 aromatic heterocycles. The smallest absolute Gasteiger partial charge is 0.338 e. The predicted molar refractivity (Wildman–Crippen MR) is 91.0 cm³/mol. The molecule has 0 aliphatic rings. The van der Waals surface area contributed by atoms with Crippen LogP contribution < -0.4 is 0 Å². The number of fused-ring (bicyclic) bond motifs is 1. The average Bonchev–Trinajstić information content (AvgIpc) is 2.91. The fraction of sp³-hybridized carbons (Fsp3) is 0.125. The standard InChI is InChI=1S/C16H13N3O3S/c1-2-22-16(20)11-5-6-17-13(8-11)10-3-4-15-12(7-10)14(18-21)9-19(15)23/h3-9,23H,2H2,1H3. The van der Waals surface area contributed by atoms with E-state index < -0.39 is 5.97 Å². The lowest BCUT2D eigenvalue weighted by atomic mass is 10.1. The zero-order chi connectivity index (χ0) is 16.4. The van der Waals surface area contributed by atoms with Crippen molar-refractivity contribution < 1.29 is 9.53 Å². The second kappa shape index (κ2) is 6.21. The first-order valence-corrected chi connectivity index (χ1v) is 7.35. The molecule has 0 fully saturated rings. The van der Waals surface area contributed by atoms with E-state index >= 15 is 0 Å². The van der Waals surface area contributed by atoms with Gasteiger partial charge in [-0.05, 0) is 36.4 Å². The number of hydrogen-bond donors (Lipinski definition) is 1. The highest BCUT2D eigenvalue weighted by atomic mass is 32.1. The van der Waals surface area contributed by atoms with Gasteiger partial charge in [0.2, 0.25) is 0 Å². The van der Waals surface area contributed by atoms with Crippen molar-refractivity contribution in [3.8, 4) is 11.3 Å². The van der Waals surface area contributed by atoms with Crippen LogP contribution in [0.2, 0.25) is 0 Å². The van der Waals surface area contributed by atoms with Crippen molar-refractivity contribution in [3.63, 3.8) is 0 Å². The molecule has 0 aliphatic heterocycles. The van der Waals surface area contributed by atoms with E-state index in [1.54, 1.807) is 37.5 Å². The van der Waals surface area contributed by atoms with Crippen LogP contribution in [0.5, 0.6) is 0 Å². The molecule has 0 radical (unpaired) electrons. The molecule has 6 nitrogen and oxygen atoms in total. The Labute approximate surface area is 137 Å². The van der Waals surface area contributed by atoms with Gasteiger partial charge in [0.1, 0.15) is 5.69 Å². The van der Waals surface area contributed by atoms with Crippen LogP contribution in [0.1, 0.15) is 17.3 Å². The maximum Gasteiger partial charge on any atom is 0.338 e. The molecular formula is C16H13N3O3S. The Morgan fingerprint density at radius 3 is 2.91 bits per heavy atom. The Balaban J connectivity index is 2.08. The van der Waals surface area contributed by atoms with Crippen molar-refractivity contribution in [1.82, 2.24) is 8.96 Å². The Kier molecular flexibility index (Phi) is 4.12. The number of hydrogen-bond acceptors (Lipinski definition) is 6. The Morgan fingerprint density at radius 2 is 2.17 bits per heavy atom. The number of benzene rings is 1. The van der Waals surface area contributed by atoms with Crippen LogP contribution >= 0.6 is 12.8 Å². The van der Waals surface area contributed by atoms with E-state index in [-0.39, 0.29) is 0 Å². The summed E-state index contributed by atoms with van der Waals surface area (Å²) < 4.78 is 6.53. The van der Waals surface area contributed by atoms with Gasteiger partial charge in [0.05, 0.1) is 23.4 Å². The zero-order valence-electron chi connectivity index (χ0n) is 12.3. The van der Waals surface area contributed by atoms with Crippen molar-refractivity contribution in [2.24, 2.45) is 5.18 Å². The minimum atomic E-state index is -0.394. The summed E-state index contributed by atoms with van der Waals surface area (Å²) in [6, 6.07) is 8.73. The van der Waals surface area contributed by atoms with Crippen LogP contribution in [-0.2, 0) is 4.74 Å². The largest absolute Gasteiger partial charge is 0.462 e. The van der Waals surface area contributed by atoms with Gasteiger partial charge in [0, 0.05) is 23.3 Å². The first kappa shape index (κ1) is 15.2. The van der Waals surface area contributed by atoms with E-state index in [9.17, 15) is 9.70 Å². The number of rotatable bonds is 4. The van der Waals surface area contributed by atoms with Gasteiger partial charge in [-0.3, -0.25) is 8.96 Å². The van der Waals surface area contributed by atoms with E-state index in [0.717, 1.165) is 11.1 Å². The zero-order valence-corrected chi connectivity index (χ0v) is 13.2. The number of carbonyl (C=O) groups is 1. The number of ether oxygens (including phenoxy) is 1. The molecule has 116 valence electrons. The molecule has 0 aliphatic carbocycles. The van der Waals surface area contributed by atoms with Gasteiger partial charge in [-0.15, -0.1) is 4.91 Å². The van der Waals surface area contributed by atoms with Crippen molar-refractivity contribution in [2.45, 2.75) is 6.92 Å². The number of pyridine rings is 1. The second-order valence-electron chi connectivity index (χ2n) is 4.83. The lowest BCUT2D eigenvalue weighted by Gasteiger charge is -2.05. The molecule has 0 spiro atoms. The van der Waals surface area contributed by atoms with Gasteiger partial charge in [0.25, 0.3) is 0 Å². The van der Waals surface area contributed by atoms with Gasteiger partial charge < -0.3 is 4.74 Å². The molecule has 3 aromatic rings. The highest BCUT2D eigenvalue weighted by Crippen LogP contribution is 2.32. The summed E-state index contributed by atoms with van der Waals surface area (Å²) in [6.45, 7) is 2.07. The number of nitroso groups, excluding NO2 is 1. The summed E-state index contributed by atoms with van der Waals surface area (Å²) >= 11 is 4.25. The third kappa shape index (κ3) is 2.83. The third-order valence-corrected chi connectivity index (χ3v) is 3.76. The fourth-order valence-electron chi connectivity index (χ4n) is 2.36. The Morgan fingerprint density at radius 1 is 1.35 bits per heavy atom. The number of thiol groups is 1. The quantitative estimate of drug-likeness (QED) is 0.447.